The van der Waals surface area contributed by atoms with Crippen molar-refractivity contribution in [3.8, 4) is 6.07 Å². The molecule has 4 nitrogen and oxygen atoms in total. The molecule has 0 aliphatic heterocycles. The van der Waals surface area contributed by atoms with Crippen molar-refractivity contribution in [1.29, 1.82) is 5.26 Å². The third-order valence-electron chi connectivity index (χ3n) is 1.39. The second-order valence-electron chi connectivity index (χ2n) is 2.10. The van der Waals surface area contributed by atoms with Gasteiger partial charge in [-0.25, -0.2) is 0 Å². The lowest BCUT2D eigenvalue weighted by molar-refractivity contribution is -0.141. The molecule has 0 spiro atoms. The van der Waals surface area contributed by atoms with Crippen molar-refractivity contribution >= 4 is 5.97 Å². The Morgan fingerprint density at radius 2 is 2.58 bits per heavy atom. The molecule has 0 saturated heterocycles. The Morgan fingerprint density at radius 3 is 3.00 bits per heavy atom. The Morgan fingerprint density at radius 1 is 1.83 bits per heavy atom. The number of hydrogen-bond acceptors (Lipinski definition) is 4. The van der Waals surface area contributed by atoms with E-state index in [0.29, 0.717) is 5.76 Å². The van der Waals surface area contributed by atoms with Gasteiger partial charge in [0, 0.05) is 0 Å². The van der Waals surface area contributed by atoms with E-state index in [9.17, 15) is 4.79 Å². The summed E-state index contributed by atoms with van der Waals surface area (Å²) in [6, 6.07) is 4.96. The Balaban J connectivity index is 2.86. The van der Waals surface area contributed by atoms with Gasteiger partial charge < -0.3 is 9.15 Å². The molecule has 1 aromatic rings. The Labute approximate surface area is 69.4 Å². The minimum Gasteiger partial charge on any atom is -0.468 e. The second-order valence-corrected chi connectivity index (χ2v) is 2.10. The van der Waals surface area contributed by atoms with Crippen LogP contribution < -0.4 is 0 Å². The molecule has 0 aliphatic carbocycles. The van der Waals surface area contributed by atoms with Crippen LogP contribution >= 0.6 is 0 Å². The molecule has 4 heteroatoms. The third-order valence-corrected chi connectivity index (χ3v) is 1.39. The predicted octanol–water partition coefficient (Wildman–Crippen LogP) is 1.06. The van der Waals surface area contributed by atoms with E-state index in [1.807, 2.05) is 0 Å². The van der Waals surface area contributed by atoms with E-state index in [0.717, 1.165) is 0 Å². The molecular formula is C8H7NO3. The van der Waals surface area contributed by atoms with Crippen LogP contribution in [0.5, 0.6) is 0 Å². The van der Waals surface area contributed by atoms with Gasteiger partial charge >= 0.3 is 5.97 Å². The predicted molar refractivity (Wildman–Crippen MR) is 39.1 cm³/mol. The van der Waals surface area contributed by atoms with Crippen molar-refractivity contribution in [2.45, 2.75) is 5.92 Å². The number of methoxy groups -OCH3 is 1. The highest BCUT2D eigenvalue weighted by atomic mass is 16.5. The first-order chi connectivity index (χ1) is 5.79. The molecule has 1 atom stereocenters. The maximum absolute atomic E-state index is 10.9. The maximum Gasteiger partial charge on any atom is 0.330 e. The van der Waals surface area contributed by atoms with Gasteiger partial charge in [-0.15, -0.1) is 0 Å². The molecule has 0 fully saturated rings. The van der Waals surface area contributed by atoms with E-state index >= 15 is 0 Å². The molecule has 0 aromatic carbocycles. The van der Waals surface area contributed by atoms with E-state index in [1.165, 1.54) is 13.4 Å². The number of furan rings is 1. The minimum absolute atomic E-state index is 0.310. The number of nitriles is 1. The molecule has 1 heterocycles. The molecule has 0 amide bonds. The molecule has 62 valence electrons. The number of carbonyl (C=O) groups is 1. The summed E-state index contributed by atoms with van der Waals surface area (Å²) in [7, 11) is 1.23. The fraction of sp³-hybridized carbons (Fsp3) is 0.250. The van der Waals surface area contributed by atoms with Crippen LogP contribution in [-0.2, 0) is 9.53 Å². The summed E-state index contributed by atoms with van der Waals surface area (Å²) in [6.45, 7) is 0. The highest BCUT2D eigenvalue weighted by Gasteiger charge is 2.23. The summed E-state index contributed by atoms with van der Waals surface area (Å²) in [5.41, 5.74) is 0. The van der Waals surface area contributed by atoms with E-state index in [1.54, 1.807) is 18.2 Å². The van der Waals surface area contributed by atoms with Crippen molar-refractivity contribution in [1.82, 2.24) is 0 Å². The first-order valence-electron chi connectivity index (χ1n) is 3.30. The van der Waals surface area contributed by atoms with E-state index in [-0.39, 0.29) is 0 Å². The zero-order valence-electron chi connectivity index (χ0n) is 6.48. The first kappa shape index (κ1) is 8.34. The Kier molecular flexibility index (Phi) is 2.49. The fourth-order valence-electron chi connectivity index (χ4n) is 0.806. The van der Waals surface area contributed by atoms with Crippen molar-refractivity contribution in [2.75, 3.05) is 7.11 Å². The summed E-state index contributed by atoms with van der Waals surface area (Å²) in [5.74, 6) is -1.25. The first-order valence-corrected chi connectivity index (χ1v) is 3.30. The van der Waals surface area contributed by atoms with Gasteiger partial charge in [-0.2, -0.15) is 5.26 Å². The van der Waals surface area contributed by atoms with Crippen LogP contribution in [0.1, 0.15) is 11.7 Å². The summed E-state index contributed by atoms with van der Waals surface area (Å²) >= 11 is 0. The number of rotatable bonds is 2. The van der Waals surface area contributed by atoms with Crippen LogP contribution in [0.2, 0.25) is 0 Å². The summed E-state index contributed by atoms with van der Waals surface area (Å²) < 4.78 is 9.29. The molecule has 1 aromatic heterocycles. The molecule has 1 rings (SSSR count). The van der Waals surface area contributed by atoms with Gasteiger partial charge in [0.05, 0.1) is 19.4 Å². The maximum atomic E-state index is 10.9. The average molecular weight is 165 g/mol. The van der Waals surface area contributed by atoms with Crippen LogP contribution in [0.4, 0.5) is 0 Å². The average Bonchev–Trinajstić information content (AvgIpc) is 2.58. The number of ether oxygens (including phenoxy) is 1. The fourth-order valence-corrected chi connectivity index (χ4v) is 0.806. The highest BCUT2D eigenvalue weighted by Crippen LogP contribution is 2.16. The van der Waals surface area contributed by atoms with E-state index in [2.05, 4.69) is 4.74 Å². The quantitative estimate of drug-likeness (QED) is 0.614. The van der Waals surface area contributed by atoms with Gasteiger partial charge in [0.25, 0.3) is 0 Å². The molecule has 1 unspecified atom stereocenters. The van der Waals surface area contributed by atoms with E-state index in [4.69, 9.17) is 9.68 Å². The Bertz CT molecular complexity index is 297. The highest BCUT2D eigenvalue weighted by molar-refractivity contribution is 5.80. The second kappa shape index (κ2) is 3.58. The lowest BCUT2D eigenvalue weighted by atomic mass is 10.1. The number of carbonyl (C=O) groups excluding carboxylic acids is 1. The molecule has 0 aliphatic rings. The van der Waals surface area contributed by atoms with Crippen LogP contribution in [0.25, 0.3) is 0 Å². The molecule has 0 radical (unpaired) electrons. The van der Waals surface area contributed by atoms with Gasteiger partial charge in [-0.3, -0.25) is 4.79 Å². The van der Waals surface area contributed by atoms with E-state index < -0.39 is 11.9 Å². The summed E-state index contributed by atoms with van der Waals surface area (Å²) in [5, 5.41) is 8.59. The summed E-state index contributed by atoms with van der Waals surface area (Å²) in [4.78, 5) is 10.9. The van der Waals surface area contributed by atoms with Gasteiger partial charge in [-0.1, -0.05) is 0 Å². The largest absolute Gasteiger partial charge is 0.468 e. The number of nitrogens with zero attached hydrogens (tertiary/aromatic N) is 1. The van der Waals surface area contributed by atoms with Gasteiger partial charge in [0.1, 0.15) is 5.76 Å². The van der Waals surface area contributed by atoms with Crippen LogP contribution in [0.3, 0.4) is 0 Å². The molecule has 12 heavy (non-hydrogen) atoms. The van der Waals surface area contributed by atoms with Crippen molar-refractivity contribution in [2.24, 2.45) is 0 Å². The lowest BCUT2D eigenvalue weighted by Gasteiger charge is -2.01. The monoisotopic (exact) mass is 165 g/mol. The Hall–Kier alpha value is -1.76. The standard InChI is InChI=1S/C8H7NO3/c1-11-8(10)6(5-9)7-3-2-4-12-7/h2-4,6H,1H3. The molecule has 0 N–H and O–H groups in total. The van der Waals surface area contributed by atoms with Crippen LogP contribution in [0.15, 0.2) is 22.8 Å². The molecular weight excluding hydrogens is 158 g/mol. The molecule has 0 saturated carbocycles. The summed E-state index contributed by atoms with van der Waals surface area (Å²) in [6.07, 6.45) is 1.41. The van der Waals surface area contributed by atoms with Crippen LogP contribution in [-0.4, -0.2) is 13.1 Å². The number of hydrogen-bond donors (Lipinski definition) is 0. The van der Waals surface area contributed by atoms with Crippen LogP contribution in [0, 0.1) is 11.3 Å². The zero-order chi connectivity index (χ0) is 8.97. The van der Waals surface area contributed by atoms with Gasteiger partial charge in [-0.05, 0) is 12.1 Å². The lowest BCUT2D eigenvalue weighted by Crippen LogP contribution is -2.11. The van der Waals surface area contributed by atoms with Crippen molar-refractivity contribution in [3.05, 3.63) is 24.2 Å². The van der Waals surface area contributed by atoms with Crippen molar-refractivity contribution < 1.29 is 13.9 Å². The number of esters is 1. The minimum atomic E-state index is -0.954. The van der Waals surface area contributed by atoms with Gasteiger partial charge in [0.15, 0.2) is 0 Å². The smallest absolute Gasteiger partial charge is 0.330 e. The zero-order valence-corrected chi connectivity index (χ0v) is 6.48. The van der Waals surface area contributed by atoms with Gasteiger partial charge in [0.2, 0.25) is 5.92 Å². The normalized spacial score (nSPS) is 11.7. The SMILES string of the molecule is COC(=O)C(C#N)c1ccco1. The van der Waals surface area contributed by atoms with Crippen molar-refractivity contribution in [3.63, 3.8) is 0 Å². The third kappa shape index (κ3) is 1.45. The molecule has 0 bridgehead atoms. The topological polar surface area (TPSA) is 63.2 Å².